The van der Waals surface area contributed by atoms with E-state index in [9.17, 15) is 0 Å². The second kappa shape index (κ2) is 6.16. The van der Waals surface area contributed by atoms with Gasteiger partial charge in [0, 0.05) is 10.8 Å². The molecular weight excluding hydrogens is 259 g/mol. The molecule has 0 aromatic rings. The van der Waals surface area contributed by atoms with Crippen LogP contribution in [0.1, 0.15) is 6.42 Å². The highest BCUT2D eigenvalue weighted by Crippen LogP contribution is 2.07. The summed E-state index contributed by atoms with van der Waals surface area (Å²) in [6, 6.07) is 0. The summed E-state index contributed by atoms with van der Waals surface area (Å²) in [6.45, 7) is 3.04. The molecule has 0 aliphatic carbocycles. The molecule has 0 spiro atoms. The van der Waals surface area contributed by atoms with Gasteiger partial charge in [-0.2, -0.15) is 0 Å². The molecule has 1 rings (SSSR count). The van der Waals surface area contributed by atoms with Crippen LogP contribution in [0, 0.1) is 0 Å². The van der Waals surface area contributed by atoms with Gasteiger partial charge in [0.2, 0.25) is 0 Å². The molecule has 1 aliphatic rings. The Kier molecular flexibility index (Phi) is 5.43. The average molecular weight is 272 g/mol. The molecule has 0 saturated carbocycles. The maximum Gasteiger partial charge on any atom is 0.160 e. The summed E-state index contributed by atoms with van der Waals surface area (Å²) >= 11 is 2.29. The topological polar surface area (TPSA) is 27.7 Å². The second-order valence-corrected chi connectivity index (χ2v) is 3.34. The molecule has 0 N–H and O–H groups in total. The standard InChI is InChI=1S/C7H13IO3/c8-2-4-9-3-1-7-10-5-6-11-7/h7H,1-6H2. The van der Waals surface area contributed by atoms with Crippen molar-refractivity contribution in [2.45, 2.75) is 12.7 Å². The molecule has 0 atom stereocenters. The Hall–Kier alpha value is 0.610. The molecule has 0 amide bonds. The van der Waals surface area contributed by atoms with E-state index in [-0.39, 0.29) is 6.29 Å². The number of halogens is 1. The summed E-state index contributed by atoms with van der Waals surface area (Å²) in [6.07, 6.45) is 0.848. The smallest absolute Gasteiger partial charge is 0.160 e. The fourth-order valence-corrected chi connectivity index (χ4v) is 1.22. The third-order valence-corrected chi connectivity index (χ3v) is 1.85. The fourth-order valence-electron chi connectivity index (χ4n) is 0.910. The van der Waals surface area contributed by atoms with Crippen molar-refractivity contribution in [3.8, 4) is 0 Å². The van der Waals surface area contributed by atoms with Crippen LogP contribution >= 0.6 is 22.6 Å². The number of ether oxygens (including phenoxy) is 3. The maximum atomic E-state index is 5.28. The van der Waals surface area contributed by atoms with Gasteiger partial charge in [0.25, 0.3) is 0 Å². The zero-order valence-corrected chi connectivity index (χ0v) is 8.58. The van der Waals surface area contributed by atoms with Crippen LogP contribution in [0.5, 0.6) is 0 Å². The molecule has 11 heavy (non-hydrogen) atoms. The first-order valence-electron chi connectivity index (χ1n) is 3.80. The zero-order valence-electron chi connectivity index (χ0n) is 6.42. The molecule has 0 aromatic carbocycles. The van der Waals surface area contributed by atoms with Gasteiger partial charge in [-0.1, -0.05) is 22.6 Å². The van der Waals surface area contributed by atoms with Crippen LogP contribution in [0.15, 0.2) is 0 Å². The number of hydrogen-bond donors (Lipinski definition) is 0. The van der Waals surface area contributed by atoms with Crippen LogP contribution in [-0.4, -0.2) is 37.1 Å². The van der Waals surface area contributed by atoms with Crippen LogP contribution < -0.4 is 0 Å². The van der Waals surface area contributed by atoms with Crippen molar-refractivity contribution in [3.63, 3.8) is 0 Å². The van der Waals surface area contributed by atoms with E-state index in [4.69, 9.17) is 14.2 Å². The fraction of sp³-hybridized carbons (Fsp3) is 1.00. The van der Waals surface area contributed by atoms with Gasteiger partial charge in [0.05, 0.1) is 26.4 Å². The number of alkyl halides is 1. The lowest BCUT2D eigenvalue weighted by Crippen LogP contribution is -2.11. The Bertz CT molecular complexity index is 93.7. The highest BCUT2D eigenvalue weighted by molar-refractivity contribution is 14.1. The van der Waals surface area contributed by atoms with Crippen molar-refractivity contribution in [3.05, 3.63) is 0 Å². The third-order valence-electron chi connectivity index (χ3n) is 1.41. The SMILES string of the molecule is ICCOCCC1OCCO1. The van der Waals surface area contributed by atoms with Gasteiger partial charge in [0.1, 0.15) is 0 Å². The monoisotopic (exact) mass is 272 g/mol. The van der Waals surface area contributed by atoms with Gasteiger partial charge < -0.3 is 14.2 Å². The van der Waals surface area contributed by atoms with E-state index in [1.807, 2.05) is 0 Å². The minimum absolute atomic E-state index is 0.00999. The Balaban J connectivity index is 1.86. The third kappa shape index (κ3) is 4.25. The first-order chi connectivity index (χ1) is 5.43. The quantitative estimate of drug-likeness (QED) is 0.427. The van der Waals surface area contributed by atoms with Gasteiger partial charge in [-0.3, -0.25) is 0 Å². The number of rotatable bonds is 5. The highest BCUT2D eigenvalue weighted by atomic mass is 127. The summed E-state index contributed by atoms with van der Waals surface area (Å²) in [7, 11) is 0. The lowest BCUT2D eigenvalue weighted by Gasteiger charge is -2.07. The lowest BCUT2D eigenvalue weighted by molar-refractivity contribution is -0.0607. The van der Waals surface area contributed by atoms with Crippen molar-refractivity contribution >= 4 is 22.6 Å². The van der Waals surface area contributed by atoms with E-state index in [0.717, 1.165) is 37.3 Å². The summed E-state index contributed by atoms with van der Waals surface area (Å²) in [5.74, 6) is 0. The van der Waals surface area contributed by atoms with E-state index in [1.165, 1.54) is 0 Å². The summed E-state index contributed by atoms with van der Waals surface area (Å²) in [5, 5.41) is 0. The maximum absolute atomic E-state index is 5.28. The molecule has 0 unspecified atom stereocenters. The molecule has 1 heterocycles. The van der Waals surface area contributed by atoms with Gasteiger partial charge in [-0.25, -0.2) is 0 Å². The summed E-state index contributed by atoms with van der Waals surface area (Å²) in [4.78, 5) is 0. The Morgan fingerprint density at radius 2 is 2.00 bits per heavy atom. The molecule has 1 fully saturated rings. The zero-order chi connectivity index (χ0) is 7.94. The van der Waals surface area contributed by atoms with Gasteiger partial charge in [-0.15, -0.1) is 0 Å². The van der Waals surface area contributed by atoms with E-state index >= 15 is 0 Å². The molecule has 1 aliphatic heterocycles. The molecule has 1 saturated heterocycles. The van der Waals surface area contributed by atoms with E-state index < -0.39 is 0 Å². The van der Waals surface area contributed by atoms with E-state index in [0.29, 0.717) is 0 Å². The summed E-state index contributed by atoms with van der Waals surface area (Å²) in [5.41, 5.74) is 0. The van der Waals surface area contributed by atoms with Gasteiger partial charge in [0.15, 0.2) is 6.29 Å². The van der Waals surface area contributed by atoms with Crippen LogP contribution in [0.25, 0.3) is 0 Å². The average Bonchev–Trinajstić information content (AvgIpc) is 2.50. The first kappa shape index (κ1) is 9.70. The van der Waals surface area contributed by atoms with Crippen LogP contribution in [0.2, 0.25) is 0 Å². The van der Waals surface area contributed by atoms with Gasteiger partial charge >= 0.3 is 0 Å². The predicted octanol–water partition coefficient (Wildman–Crippen LogP) is 1.20. The molecule has 0 radical (unpaired) electrons. The van der Waals surface area contributed by atoms with E-state index in [2.05, 4.69) is 22.6 Å². The largest absolute Gasteiger partial charge is 0.380 e. The van der Waals surface area contributed by atoms with E-state index in [1.54, 1.807) is 0 Å². The Labute approximate surface area is 80.5 Å². The Morgan fingerprint density at radius 1 is 1.27 bits per heavy atom. The minimum Gasteiger partial charge on any atom is -0.380 e. The van der Waals surface area contributed by atoms with Crippen molar-refractivity contribution in [2.75, 3.05) is 30.9 Å². The first-order valence-corrected chi connectivity index (χ1v) is 5.33. The molecule has 0 bridgehead atoms. The van der Waals surface area contributed by atoms with Crippen LogP contribution in [-0.2, 0) is 14.2 Å². The predicted molar refractivity (Wildman–Crippen MR) is 50.0 cm³/mol. The number of hydrogen-bond acceptors (Lipinski definition) is 3. The normalized spacial score (nSPS) is 19.4. The summed E-state index contributed by atoms with van der Waals surface area (Å²) < 4.78 is 16.8. The molecule has 0 aromatic heterocycles. The van der Waals surface area contributed by atoms with Crippen LogP contribution in [0.4, 0.5) is 0 Å². The lowest BCUT2D eigenvalue weighted by atomic mass is 10.4. The Morgan fingerprint density at radius 3 is 2.64 bits per heavy atom. The van der Waals surface area contributed by atoms with Crippen molar-refractivity contribution < 1.29 is 14.2 Å². The van der Waals surface area contributed by atoms with Crippen molar-refractivity contribution in [1.82, 2.24) is 0 Å². The van der Waals surface area contributed by atoms with Crippen LogP contribution in [0.3, 0.4) is 0 Å². The van der Waals surface area contributed by atoms with Crippen molar-refractivity contribution in [2.24, 2.45) is 0 Å². The highest BCUT2D eigenvalue weighted by Gasteiger charge is 2.14. The van der Waals surface area contributed by atoms with Crippen molar-refractivity contribution in [1.29, 1.82) is 0 Å². The molecular formula is C7H13IO3. The van der Waals surface area contributed by atoms with Gasteiger partial charge in [-0.05, 0) is 0 Å². The second-order valence-electron chi connectivity index (χ2n) is 2.26. The molecule has 3 nitrogen and oxygen atoms in total. The molecule has 66 valence electrons. The minimum atomic E-state index is -0.00999. The molecule has 4 heteroatoms.